The van der Waals surface area contributed by atoms with Gasteiger partial charge in [0.2, 0.25) is 0 Å². The number of benzene rings is 1. The summed E-state index contributed by atoms with van der Waals surface area (Å²) in [5.41, 5.74) is 9.31. The zero-order valence-electron chi connectivity index (χ0n) is 9.30. The second kappa shape index (κ2) is 2.83. The normalized spacial score (nSPS) is 28.9. The fourth-order valence-corrected chi connectivity index (χ4v) is 2.61. The molecule has 1 unspecified atom stereocenters. The lowest BCUT2D eigenvalue weighted by atomic mass is 9.87. The Morgan fingerprint density at radius 3 is 2.43 bits per heavy atom. The van der Waals surface area contributed by atoms with Gasteiger partial charge in [0.25, 0.3) is 0 Å². The van der Waals surface area contributed by atoms with E-state index in [9.17, 15) is 0 Å². The molecule has 1 aliphatic carbocycles. The SMILES string of the molecule is Cc1cccc(C2(CN)CC2(C)C)c1. The topological polar surface area (TPSA) is 26.0 Å². The van der Waals surface area contributed by atoms with E-state index in [0.29, 0.717) is 5.41 Å². The maximum absolute atomic E-state index is 5.93. The maximum Gasteiger partial charge on any atom is 0.0132 e. The minimum atomic E-state index is 0.249. The van der Waals surface area contributed by atoms with Gasteiger partial charge in [0.15, 0.2) is 0 Å². The molecule has 0 radical (unpaired) electrons. The predicted octanol–water partition coefficient (Wildman–Crippen LogP) is 2.62. The Balaban J connectivity index is 2.40. The molecule has 1 heteroatoms. The molecule has 1 nitrogen and oxygen atoms in total. The summed E-state index contributed by atoms with van der Waals surface area (Å²) in [7, 11) is 0. The standard InChI is InChI=1S/C13H19N/c1-10-5-4-6-11(7-10)13(9-14)8-12(13,2)3/h4-7H,8-9,14H2,1-3H3. The quantitative estimate of drug-likeness (QED) is 0.760. The zero-order valence-corrected chi connectivity index (χ0v) is 9.30. The Morgan fingerprint density at radius 1 is 1.36 bits per heavy atom. The monoisotopic (exact) mass is 189 g/mol. The molecule has 1 fully saturated rings. The van der Waals surface area contributed by atoms with E-state index in [2.05, 4.69) is 45.0 Å². The highest BCUT2D eigenvalue weighted by Crippen LogP contribution is 2.63. The van der Waals surface area contributed by atoms with Crippen molar-refractivity contribution in [2.75, 3.05) is 6.54 Å². The molecule has 0 heterocycles. The lowest BCUT2D eigenvalue weighted by molar-refractivity contribution is 0.503. The average Bonchev–Trinajstić information content (AvgIpc) is 2.70. The van der Waals surface area contributed by atoms with Gasteiger partial charge in [-0.15, -0.1) is 0 Å². The molecule has 2 N–H and O–H groups in total. The third kappa shape index (κ3) is 1.19. The zero-order chi connectivity index (χ0) is 10.4. The van der Waals surface area contributed by atoms with Gasteiger partial charge in [0.1, 0.15) is 0 Å². The Bertz CT molecular complexity index is 354. The highest BCUT2D eigenvalue weighted by Gasteiger charge is 2.60. The van der Waals surface area contributed by atoms with E-state index < -0.39 is 0 Å². The lowest BCUT2D eigenvalue weighted by Crippen LogP contribution is -2.25. The van der Waals surface area contributed by atoms with Crippen molar-refractivity contribution in [3.63, 3.8) is 0 Å². The van der Waals surface area contributed by atoms with Crippen LogP contribution in [0.2, 0.25) is 0 Å². The Morgan fingerprint density at radius 2 is 2.00 bits per heavy atom. The molecule has 0 saturated heterocycles. The summed E-state index contributed by atoms with van der Waals surface area (Å²) in [5.74, 6) is 0. The maximum atomic E-state index is 5.93. The van der Waals surface area contributed by atoms with Crippen LogP contribution in [-0.2, 0) is 5.41 Å². The van der Waals surface area contributed by atoms with E-state index in [4.69, 9.17) is 5.73 Å². The summed E-state index contributed by atoms with van der Waals surface area (Å²) in [6, 6.07) is 8.77. The smallest absolute Gasteiger partial charge is 0.0132 e. The van der Waals surface area contributed by atoms with Crippen molar-refractivity contribution in [3.05, 3.63) is 35.4 Å². The largest absolute Gasteiger partial charge is 0.330 e. The Labute approximate surface area is 86.3 Å². The molecule has 1 aromatic rings. The highest BCUT2D eigenvalue weighted by molar-refractivity contribution is 5.39. The molecule has 0 aromatic heterocycles. The third-order valence-corrected chi connectivity index (χ3v) is 3.83. The molecule has 14 heavy (non-hydrogen) atoms. The van der Waals surface area contributed by atoms with Crippen LogP contribution >= 0.6 is 0 Å². The van der Waals surface area contributed by atoms with Gasteiger partial charge < -0.3 is 5.73 Å². The van der Waals surface area contributed by atoms with Crippen LogP contribution in [-0.4, -0.2) is 6.54 Å². The molecular formula is C13H19N. The van der Waals surface area contributed by atoms with Crippen molar-refractivity contribution in [3.8, 4) is 0 Å². The molecule has 1 aliphatic rings. The summed E-state index contributed by atoms with van der Waals surface area (Å²) in [6.07, 6.45) is 1.22. The average molecular weight is 189 g/mol. The van der Waals surface area contributed by atoms with E-state index >= 15 is 0 Å². The fraction of sp³-hybridized carbons (Fsp3) is 0.538. The number of rotatable bonds is 2. The first kappa shape index (κ1) is 9.72. The van der Waals surface area contributed by atoms with Crippen molar-refractivity contribution in [2.45, 2.75) is 32.6 Å². The first-order valence-corrected chi connectivity index (χ1v) is 5.29. The molecular weight excluding hydrogens is 170 g/mol. The summed E-state index contributed by atoms with van der Waals surface area (Å²) >= 11 is 0. The fourth-order valence-electron chi connectivity index (χ4n) is 2.61. The van der Waals surface area contributed by atoms with Gasteiger partial charge in [0, 0.05) is 12.0 Å². The van der Waals surface area contributed by atoms with E-state index in [1.807, 2.05) is 0 Å². The highest BCUT2D eigenvalue weighted by atomic mass is 14.7. The minimum Gasteiger partial charge on any atom is -0.330 e. The first-order chi connectivity index (χ1) is 6.52. The summed E-state index contributed by atoms with van der Waals surface area (Å²) in [5, 5.41) is 0. The van der Waals surface area contributed by atoms with Gasteiger partial charge in [-0.05, 0) is 24.3 Å². The number of hydrogen-bond donors (Lipinski definition) is 1. The predicted molar refractivity (Wildman–Crippen MR) is 60.3 cm³/mol. The van der Waals surface area contributed by atoms with Crippen molar-refractivity contribution in [1.29, 1.82) is 0 Å². The van der Waals surface area contributed by atoms with E-state index in [1.165, 1.54) is 17.5 Å². The number of hydrogen-bond acceptors (Lipinski definition) is 1. The van der Waals surface area contributed by atoms with Crippen LogP contribution in [0.25, 0.3) is 0 Å². The molecule has 0 amide bonds. The van der Waals surface area contributed by atoms with Crippen LogP contribution < -0.4 is 5.73 Å². The van der Waals surface area contributed by atoms with Crippen molar-refractivity contribution < 1.29 is 0 Å². The van der Waals surface area contributed by atoms with Gasteiger partial charge >= 0.3 is 0 Å². The van der Waals surface area contributed by atoms with Gasteiger partial charge in [-0.25, -0.2) is 0 Å². The van der Waals surface area contributed by atoms with Crippen LogP contribution in [0.4, 0.5) is 0 Å². The Hall–Kier alpha value is -0.820. The minimum absolute atomic E-state index is 0.249. The van der Waals surface area contributed by atoms with E-state index in [0.717, 1.165) is 6.54 Å². The van der Waals surface area contributed by atoms with Crippen LogP contribution in [0, 0.1) is 12.3 Å². The molecule has 2 rings (SSSR count). The summed E-state index contributed by atoms with van der Waals surface area (Å²) in [4.78, 5) is 0. The van der Waals surface area contributed by atoms with Crippen LogP contribution in [0.1, 0.15) is 31.4 Å². The second-order valence-corrected chi connectivity index (χ2v) is 5.22. The van der Waals surface area contributed by atoms with Crippen molar-refractivity contribution in [1.82, 2.24) is 0 Å². The molecule has 76 valence electrons. The Kier molecular flexibility index (Phi) is 1.97. The molecule has 0 bridgehead atoms. The van der Waals surface area contributed by atoms with E-state index in [-0.39, 0.29) is 5.41 Å². The van der Waals surface area contributed by atoms with Gasteiger partial charge in [0.05, 0.1) is 0 Å². The summed E-state index contributed by atoms with van der Waals surface area (Å²) < 4.78 is 0. The third-order valence-electron chi connectivity index (χ3n) is 3.83. The molecule has 0 spiro atoms. The molecule has 1 atom stereocenters. The number of aryl methyl sites for hydroxylation is 1. The molecule has 0 aliphatic heterocycles. The van der Waals surface area contributed by atoms with Crippen LogP contribution in [0.3, 0.4) is 0 Å². The number of nitrogens with two attached hydrogens (primary N) is 1. The molecule has 1 saturated carbocycles. The second-order valence-electron chi connectivity index (χ2n) is 5.22. The first-order valence-electron chi connectivity index (χ1n) is 5.29. The van der Waals surface area contributed by atoms with Crippen LogP contribution in [0.5, 0.6) is 0 Å². The summed E-state index contributed by atoms with van der Waals surface area (Å²) in [6.45, 7) is 7.52. The van der Waals surface area contributed by atoms with Gasteiger partial charge in [-0.1, -0.05) is 43.7 Å². The lowest BCUT2D eigenvalue weighted by Gasteiger charge is -2.19. The molecule has 1 aromatic carbocycles. The van der Waals surface area contributed by atoms with Crippen molar-refractivity contribution >= 4 is 0 Å². The van der Waals surface area contributed by atoms with Gasteiger partial charge in [-0.2, -0.15) is 0 Å². The van der Waals surface area contributed by atoms with Gasteiger partial charge in [-0.3, -0.25) is 0 Å². The van der Waals surface area contributed by atoms with Crippen LogP contribution in [0.15, 0.2) is 24.3 Å². The van der Waals surface area contributed by atoms with E-state index in [1.54, 1.807) is 0 Å². The van der Waals surface area contributed by atoms with Crippen molar-refractivity contribution in [2.24, 2.45) is 11.1 Å².